The third kappa shape index (κ3) is 2.80. The average molecular weight is 206 g/mol. The Hall–Kier alpha value is -1.35. The predicted octanol–water partition coefficient (Wildman–Crippen LogP) is 1.92. The number of benzene rings is 1. The molecule has 1 N–H and O–H groups in total. The van der Waals surface area contributed by atoms with Gasteiger partial charge in [0.1, 0.15) is 0 Å². The number of aliphatic carboxylic acids is 1. The number of carboxylic acids is 1. The molecule has 0 amide bonds. The van der Waals surface area contributed by atoms with Crippen LogP contribution >= 0.6 is 0 Å². The summed E-state index contributed by atoms with van der Waals surface area (Å²) in [4.78, 5) is 10.5. The first kappa shape index (κ1) is 10.2. The van der Waals surface area contributed by atoms with Gasteiger partial charge in [-0.1, -0.05) is 30.3 Å². The van der Waals surface area contributed by atoms with E-state index in [2.05, 4.69) is 0 Å². The van der Waals surface area contributed by atoms with E-state index in [1.165, 1.54) is 0 Å². The topological polar surface area (TPSA) is 46.5 Å². The molecular formula is C12H14O3. The molecule has 1 aromatic rings. The van der Waals surface area contributed by atoms with E-state index in [9.17, 15) is 4.79 Å². The highest BCUT2D eigenvalue weighted by Gasteiger charge is 2.43. The third-order valence-corrected chi connectivity index (χ3v) is 2.68. The van der Waals surface area contributed by atoms with Crippen LogP contribution in [0.1, 0.15) is 12.0 Å². The molecule has 2 rings (SSSR count). The lowest BCUT2D eigenvalue weighted by atomic mass is 10.2. The van der Waals surface area contributed by atoms with Gasteiger partial charge in [-0.3, -0.25) is 4.79 Å². The molecule has 0 radical (unpaired) electrons. The Kier molecular flexibility index (Phi) is 3.02. The van der Waals surface area contributed by atoms with Gasteiger partial charge in [-0.15, -0.1) is 0 Å². The highest BCUT2D eigenvalue weighted by Crippen LogP contribution is 2.38. The molecule has 1 saturated carbocycles. The summed E-state index contributed by atoms with van der Waals surface area (Å²) in [6.07, 6.45) is 0.768. The minimum Gasteiger partial charge on any atom is -0.481 e. The maximum Gasteiger partial charge on any atom is 0.306 e. The summed E-state index contributed by atoms with van der Waals surface area (Å²) in [5, 5.41) is 8.68. The fraction of sp³-hybridized carbons (Fsp3) is 0.417. The van der Waals surface area contributed by atoms with Crippen molar-refractivity contribution >= 4 is 5.97 Å². The number of hydrogen-bond donors (Lipinski definition) is 1. The van der Waals surface area contributed by atoms with Gasteiger partial charge in [0.25, 0.3) is 0 Å². The normalized spacial score (nSPS) is 23.7. The second kappa shape index (κ2) is 4.45. The largest absolute Gasteiger partial charge is 0.481 e. The summed E-state index contributed by atoms with van der Waals surface area (Å²) in [5.74, 6) is -0.629. The summed E-state index contributed by atoms with van der Waals surface area (Å²) in [6.45, 7) is 1.13. The summed E-state index contributed by atoms with van der Waals surface area (Å²) >= 11 is 0. The zero-order valence-corrected chi connectivity index (χ0v) is 8.43. The van der Waals surface area contributed by atoms with Crippen molar-refractivity contribution in [3.8, 4) is 0 Å². The van der Waals surface area contributed by atoms with Gasteiger partial charge in [-0.05, 0) is 17.9 Å². The van der Waals surface area contributed by atoms with E-state index in [0.29, 0.717) is 13.2 Å². The van der Waals surface area contributed by atoms with Gasteiger partial charge in [0.05, 0.1) is 19.1 Å². The van der Waals surface area contributed by atoms with E-state index in [1.54, 1.807) is 0 Å². The smallest absolute Gasteiger partial charge is 0.306 e. The van der Waals surface area contributed by atoms with Crippen LogP contribution < -0.4 is 0 Å². The summed E-state index contributed by atoms with van der Waals surface area (Å²) < 4.78 is 5.46. The molecule has 3 nitrogen and oxygen atoms in total. The van der Waals surface area contributed by atoms with Crippen LogP contribution in [0.3, 0.4) is 0 Å². The lowest BCUT2D eigenvalue weighted by molar-refractivity contribution is -0.139. The fourth-order valence-electron chi connectivity index (χ4n) is 1.64. The molecule has 0 saturated heterocycles. The molecule has 0 aromatic heterocycles. The van der Waals surface area contributed by atoms with Gasteiger partial charge in [-0.2, -0.15) is 0 Å². The first-order valence-corrected chi connectivity index (χ1v) is 5.12. The Balaban J connectivity index is 1.67. The Morgan fingerprint density at radius 1 is 1.40 bits per heavy atom. The van der Waals surface area contributed by atoms with Gasteiger partial charge < -0.3 is 9.84 Å². The van der Waals surface area contributed by atoms with Crippen molar-refractivity contribution in [1.29, 1.82) is 0 Å². The first-order valence-electron chi connectivity index (χ1n) is 5.12. The van der Waals surface area contributed by atoms with Crippen LogP contribution in [0.15, 0.2) is 30.3 Å². The standard InChI is InChI=1S/C12H14O3/c13-12(14)11-6-10(11)8-15-7-9-4-2-1-3-5-9/h1-5,10-11H,6-8H2,(H,13,14)/t10?,11-/m1/s1. The van der Waals surface area contributed by atoms with E-state index in [4.69, 9.17) is 9.84 Å². The van der Waals surface area contributed by atoms with E-state index in [0.717, 1.165) is 12.0 Å². The molecule has 1 aliphatic carbocycles. The fourth-order valence-corrected chi connectivity index (χ4v) is 1.64. The van der Waals surface area contributed by atoms with Crippen molar-refractivity contribution in [2.75, 3.05) is 6.61 Å². The average Bonchev–Trinajstić information content (AvgIpc) is 2.99. The van der Waals surface area contributed by atoms with Crippen LogP contribution in [0, 0.1) is 11.8 Å². The molecule has 0 spiro atoms. The Bertz CT molecular complexity index is 334. The van der Waals surface area contributed by atoms with Crippen molar-refractivity contribution in [3.63, 3.8) is 0 Å². The lowest BCUT2D eigenvalue weighted by Crippen LogP contribution is -2.04. The number of rotatable bonds is 5. The molecule has 3 heteroatoms. The van der Waals surface area contributed by atoms with Gasteiger partial charge in [-0.25, -0.2) is 0 Å². The van der Waals surface area contributed by atoms with Crippen LogP contribution in [0.25, 0.3) is 0 Å². The molecule has 15 heavy (non-hydrogen) atoms. The molecule has 1 aliphatic rings. The molecule has 0 heterocycles. The lowest BCUT2D eigenvalue weighted by Gasteiger charge is -2.02. The van der Waals surface area contributed by atoms with E-state index >= 15 is 0 Å². The van der Waals surface area contributed by atoms with E-state index in [-0.39, 0.29) is 11.8 Å². The maximum absolute atomic E-state index is 10.5. The highest BCUT2D eigenvalue weighted by molar-refractivity contribution is 5.73. The van der Waals surface area contributed by atoms with E-state index < -0.39 is 5.97 Å². The van der Waals surface area contributed by atoms with Gasteiger partial charge in [0.15, 0.2) is 0 Å². The Labute approximate surface area is 88.7 Å². The van der Waals surface area contributed by atoms with Crippen molar-refractivity contribution in [2.24, 2.45) is 11.8 Å². The van der Waals surface area contributed by atoms with Crippen LogP contribution in [-0.2, 0) is 16.1 Å². The SMILES string of the molecule is O=C(O)[C@@H]1CC1COCc1ccccc1. The monoisotopic (exact) mass is 206 g/mol. The number of hydrogen-bond acceptors (Lipinski definition) is 2. The molecule has 1 unspecified atom stereocenters. The second-order valence-electron chi connectivity index (χ2n) is 3.94. The Morgan fingerprint density at radius 3 is 2.73 bits per heavy atom. The maximum atomic E-state index is 10.5. The molecule has 0 bridgehead atoms. The van der Waals surface area contributed by atoms with Crippen LogP contribution in [0.4, 0.5) is 0 Å². The van der Waals surface area contributed by atoms with Crippen LogP contribution in [0.5, 0.6) is 0 Å². The molecule has 1 aromatic carbocycles. The van der Waals surface area contributed by atoms with Gasteiger partial charge >= 0.3 is 5.97 Å². The number of carbonyl (C=O) groups is 1. The van der Waals surface area contributed by atoms with Crippen molar-refractivity contribution in [3.05, 3.63) is 35.9 Å². The molecular weight excluding hydrogens is 192 g/mol. The third-order valence-electron chi connectivity index (χ3n) is 2.68. The van der Waals surface area contributed by atoms with Gasteiger partial charge in [0.2, 0.25) is 0 Å². The minimum atomic E-state index is -0.691. The van der Waals surface area contributed by atoms with Crippen molar-refractivity contribution in [1.82, 2.24) is 0 Å². The second-order valence-corrected chi connectivity index (χ2v) is 3.94. The van der Waals surface area contributed by atoms with Crippen molar-refractivity contribution < 1.29 is 14.6 Å². The molecule has 2 atom stereocenters. The summed E-state index contributed by atoms with van der Waals surface area (Å²) in [7, 11) is 0. The Morgan fingerprint density at radius 2 is 2.13 bits per heavy atom. The van der Waals surface area contributed by atoms with Crippen molar-refractivity contribution in [2.45, 2.75) is 13.0 Å². The quantitative estimate of drug-likeness (QED) is 0.800. The summed E-state index contributed by atoms with van der Waals surface area (Å²) in [5.41, 5.74) is 1.13. The molecule has 0 aliphatic heterocycles. The molecule has 1 fully saturated rings. The zero-order valence-electron chi connectivity index (χ0n) is 8.43. The van der Waals surface area contributed by atoms with Crippen LogP contribution in [0.2, 0.25) is 0 Å². The van der Waals surface area contributed by atoms with Gasteiger partial charge in [0, 0.05) is 0 Å². The number of ether oxygens (including phenoxy) is 1. The van der Waals surface area contributed by atoms with E-state index in [1.807, 2.05) is 30.3 Å². The minimum absolute atomic E-state index is 0.166. The van der Waals surface area contributed by atoms with Crippen LogP contribution in [-0.4, -0.2) is 17.7 Å². The predicted molar refractivity (Wildman–Crippen MR) is 55.3 cm³/mol. The highest BCUT2D eigenvalue weighted by atomic mass is 16.5. The first-order chi connectivity index (χ1) is 7.27. The number of carboxylic acid groups (broad SMARTS) is 1. The zero-order chi connectivity index (χ0) is 10.7. The summed E-state index contributed by atoms with van der Waals surface area (Å²) in [6, 6.07) is 9.90. The molecule has 80 valence electrons.